The molecule has 0 N–H and O–H groups in total. The van der Waals surface area contributed by atoms with Gasteiger partial charge in [0.05, 0.1) is 6.10 Å². The SMILES string of the molecule is c1ccc2c(c1)ccc1op(OC3CCCCC3)oc3ccc4ccccc4c3c12. The summed E-state index contributed by atoms with van der Waals surface area (Å²) in [5, 5.41) is 6.92. The van der Waals surface area contributed by atoms with Crippen LogP contribution in [0, 0.1) is 0 Å². The highest BCUT2D eigenvalue weighted by Crippen LogP contribution is 2.41. The van der Waals surface area contributed by atoms with Crippen molar-refractivity contribution >= 4 is 51.7 Å². The lowest BCUT2D eigenvalue weighted by Gasteiger charge is -2.19. The van der Waals surface area contributed by atoms with Gasteiger partial charge >= 0.3 is 8.24 Å². The molecule has 4 heteroatoms. The van der Waals surface area contributed by atoms with Gasteiger partial charge in [0, 0.05) is 10.8 Å². The zero-order valence-corrected chi connectivity index (χ0v) is 17.6. The molecule has 1 saturated carbocycles. The summed E-state index contributed by atoms with van der Waals surface area (Å²) in [5.41, 5.74) is 1.68. The quantitative estimate of drug-likeness (QED) is 0.291. The zero-order chi connectivity index (χ0) is 19.9. The Labute approximate surface area is 175 Å². The molecule has 1 heterocycles. The highest BCUT2D eigenvalue weighted by Gasteiger charge is 2.19. The van der Waals surface area contributed by atoms with Crippen LogP contribution in [0.1, 0.15) is 32.1 Å². The van der Waals surface area contributed by atoms with Gasteiger partial charge in [-0.2, -0.15) is 0 Å². The molecule has 1 fully saturated rings. The maximum absolute atomic E-state index is 6.42. The van der Waals surface area contributed by atoms with Crippen LogP contribution in [-0.4, -0.2) is 6.10 Å². The summed E-state index contributed by atoms with van der Waals surface area (Å²) in [4.78, 5) is 0. The van der Waals surface area contributed by atoms with Gasteiger partial charge in [-0.25, -0.2) is 0 Å². The van der Waals surface area contributed by atoms with E-state index < -0.39 is 8.24 Å². The lowest BCUT2D eigenvalue weighted by molar-refractivity contribution is 0.200. The highest BCUT2D eigenvalue weighted by molar-refractivity contribution is 7.31. The van der Waals surface area contributed by atoms with Crippen molar-refractivity contribution in [1.29, 1.82) is 0 Å². The first-order valence-corrected chi connectivity index (χ1v) is 11.8. The minimum atomic E-state index is -1.51. The average Bonchev–Trinajstić information content (AvgIpc) is 2.96. The largest absolute Gasteiger partial charge is 0.399 e. The number of fused-ring (bicyclic) bond motifs is 7. The molecule has 6 rings (SSSR count). The summed E-state index contributed by atoms with van der Waals surface area (Å²) in [7, 11) is -1.51. The van der Waals surface area contributed by atoms with Crippen molar-refractivity contribution in [3.8, 4) is 0 Å². The summed E-state index contributed by atoms with van der Waals surface area (Å²) >= 11 is 0. The normalized spacial score (nSPS) is 15.3. The van der Waals surface area contributed by atoms with Crippen molar-refractivity contribution < 1.29 is 12.9 Å². The van der Waals surface area contributed by atoms with Crippen LogP contribution in [-0.2, 0) is 0 Å². The van der Waals surface area contributed by atoms with Crippen LogP contribution in [0.3, 0.4) is 0 Å². The molecule has 150 valence electrons. The van der Waals surface area contributed by atoms with E-state index in [9.17, 15) is 0 Å². The van der Waals surface area contributed by atoms with Crippen LogP contribution < -0.4 is 4.52 Å². The van der Waals surface area contributed by atoms with Crippen molar-refractivity contribution in [2.24, 2.45) is 0 Å². The molecule has 3 nitrogen and oxygen atoms in total. The minimum absolute atomic E-state index is 0.218. The number of hydrogen-bond donors (Lipinski definition) is 0. The van der Waals surface area contributed by atoms with Gasteiger partial charge in [-0.05, 0) is 46.5 Å². The summed E-state index contributed by atoms with van der Waals surface area (Å²) in [5.74, 6) is 0. The Bertz CT molecular complexity index is 1320. The molecule has 0 atom stereocenters. The highest BCUT2D eigenvalue weighted by atomic mass is 31.1. The molecule has 30 heavy (non-hydrogen) atoms. The first-order valence-electron chi connectivity index (χ1n) is 10.7. The van der Waals surface area contributed by atoms with Gasteiger partial charge < -0.3 is 8.39 Å². The van der Waals surface area contributed by atoms with Crippen LogP contribution in [0.2, 0.25) is 0 Å². The van der Waals surface area contributed by atoms with Gasteiger partial charge in [0.1, 0.15) is 11.2 Å². The maximum atomic E-state index is 6.42. The maximum Gasteiger partial charge on any atom is 0.387 e. The van der Waals surface area contributed by atoms with E-state index in [2.05, 4.69) is 72.8 Å². The summed E-state index contributed by atoms with van der Waals surface area (Å²) in [6.45, 7) is 0. The van der Waals surface area contributed by atoms with E-state index in [1.165, 1.54) is 40.8 Å². The fourth-order valence-electron chi connectivity index (χ4n) is 4.69. The summed E-state index contributed by atoms with van der Waals surface area (Å²) in [6, 6.07) is 25.3. The molecular weight excluding hydrogens is 391 g/mol. The fourth-order valence-corrected chi connectivity index (χ4v) is 5.89. The van der Waals surface area contributed by atoms with Gasteiger partial charge in [-0.3, -0.25) is 4.52 Å². The Morgan fingerprint density at radius 2 is 1.17 bits per heavy atom. The van der Waals surface area contributed by atoms with Crippen molar-refractivity contribution in [3.05, 3.63) is 72.8 Å². The van der Waals surface area contributed by atoms with E-state index >= 15 is 0 Å². The monoisotopic (exact) mass is 414 g/mol. The lowest BCUT2D eigenvalue weighted by atomic mass is 9.98. The van der Waals surface area contributed by atoms with Gasteiger partial charge in [0.2, 0.25) is 0 Å². The first-order chi connectivity index (χ1) is 14.9. The van der Waals surface area contributed by atoms with Crippen molar-refractivity contribution in [1.82, 2.24) is 0 Å². The Balaban J connectivity index is 1.74. The second-order valence-electron chi connectivity index (χ2n) is 8.09. The van der Waals surface area contributed by atoms with Crippen LogP contribution in [0.15, 0.2) is 81.2 Å². The molecule has 5 aromatic rings. The molecule has 0 radical (unpaired) electrons. The van der Waals surface area contributed by atoms with Gasteiger partial charge in [-0.15, -0.1) is 0 Å². The van der Waals surface area contributed by atoms with E-state index in [-0.39, 0.29) is 6.10 Å². The van der Waals surface area contributed by atoms with Crippen LogP contribution in [0.25, 0.3) is 43.5 Å². The van der Waals surface area contributed by atoms with Gasteiger partial charge in [0.25, 0.3) is 0 Å². The third-order valence-electron chi connectivity index (χ3n) is 6.16. The Morgan fingerprint density at radius 1 is 0.633 bits per heavy atom. The third-order valence-corrected chi connectivity index (χ3v) is 7.33. The third kappa shape index (κ3) is 3.10. The molecule has 0 bridgehead atoms. The number of benzene rings is 4. The molecule has 0 saturated heterocycles. The molecule has 4 aromatic carbocycles. The van der Waals surface area contributed by atoms with E-state index in [0.717, 1.165) is 34.8 Å². The Hall–Kier alpha value is -2.74. The molecule has 0 amide bonds. The van der Waals surface area contributed by atoms with E-state index in [0.29, 0.717) is 0 Å². The predicted octanol–water partition coefficient (Wildman–Crippen LogP) is 8.36. The van der Waals surface area contributed by atoms with Crippen molar-refractivity contribution in [3.63, 3.8) is 0 Å². The fraction of sp³-hybridized carbons (Fsp3) is 0.231. The second kappa shape index (κ2) is 7.50. The molecular formula is C26H23O3P. The predicted molar refractivity (Wildman–Crippen MR) is 125 cm³/mol. The summed E-state index contributed by atoms with van der Waals surface area (Å²) < 4.78 is 19.2. The second-order valence-corrected chi connectivity index (χ2v) is 9.11. The average molecular weight is 414 g/mol. The van der Waals surface area contributed by atoms with E-state index in [1.54, 1.807) is 0 Å². The molecule has 1 aliphatic carbocycles. The van der Waals surface area contributed by atoms with Crippen LogP contribution in [0.4, 0.5) is 0 Å². The first kappa shape index (κ1) is 18.1. The summed E-state index contributed by atoms with van der Waals surface area (Å²) in [6.07, 6.45) is 6.12. The minimum Gasteiger partial charge on any atom is -0.399 e. The number of rotatable bonds is 2. The molecule has 0 unspecified atom stereocenters. The van der Waals surface area contributed by atoms with E-state index in [4.69, 9.17) is 12.9 Å². The van der Waals surface area contributed by atoms with Gasteiger partial charge in [0.15, 0.2) is 0 Å². The molecule has 0 spiro atoms. The van der Waals surface area contributed by atoms with Crippen molar-refractivity contribution in [2.75, 3.05) is 0 Å². The topological polar surface area (TPSA) is 35.5 Å². The Morgan fingerprint density at radius 3 is 1.73 bits per heavy atom. The van der Waals surface area contributed by atoms with Crippen LogP contribution >= 0.6 is 8.24 Å². The number of hydrogen-bond acceptors (Lipinski definition) is 3. The molecule has 1 aliphatic rings. The van der Waals surface area contributed by atoms with Gasteiger partial charge in [-0.1, -0.05) is 79.9 Å². The van der Waals surface area contributed by atoms with E-state index in [1.807, 2.05) is 0 Å². The van der Waals surface area contributed by atoms with Crippen molar-refractivity contribution in [2.45, 2.75) is 38.2 Å². The zero-order valence-electron chi connectivity index (χ0n) is 16.7. The Kier molecular flexibility index (Phi) is 4.52. The standard InChI is InChI=1S/C26H23O3P/c1-2-10-20(11-3-1)27-30-28-23-16-14-18-8-4-6-12-21(18)25(23)26-22-13-7-5-9-19(22)15-17-24(26)29-30/h4-9,12-17,20H,1-3,10-11H2. The molecule has 1 aromatic heterocycles. The van der Waals surface area contributed by atoms with Crippen LogP contribution in [0.5, 0.6) is 0 Å². The smallest absolute Gasteiger partial charge is 0.387 e. The lowest BCUT2D eigenvalue weighted by Crippen LogP contribution is -2.18. The molecule has 0 aliphatic heterocycles.